The van der Waals surface area contributed by atoms with Crippen LogP contribution in [0.15, 0.2) is 41.3 Å². The summed E-state index contributed by atoms with van der Waals surface area (Å²) in [6.45, 7) is 7.81. The Bertz CT molecular complexity index is 1260. The van der Waals surface area contributed by atoms with Crippen LogP contribution in [-0.4, -0.2) is 76.1 Å². The Hall–Kier alpha value is -3.57. The van der Waals surface area contributed by atoms with Crippen molar-refractivity contribution in [3.63, 3.8) is 0 Å². The van der Waals surface area contributed by atoms with Crippen molar-refractivity contribution in [2.24, 2.45) is 0 Å². The predicted octanol–water partition coefficient (Wildman–Crippen LogP) is 2.03. The highest BCUT2D eigenvalue weighted by Crippen LogP contribution is 2.25. The van der Waals surface area contributed by atoms with Gasteiger partial charge in [-0.1, -0.05) is 6.07 Å². The molecule has 37 heavy (non-hydrogen) atoms. The van der Waals surface area contributed by atoms with Gasteiger partial charge in [0.1, 0.15) is 6.54 Å². The molecule has 11 heteroatoms. The van der Waals surface area contributed by atoms with E-state index in [-0.39, 0.29) is 30.1 Å². The van der Waals surface area contributed by atoms with Crippen LogP contribution < -0.4 is 15.7 Å². The average Bonchev–Trinajstić information content (AvgIpc) is 3.03. The maximum absolute atomic E-state index is 14.0. The number of pyridine rings is 1. The molecule has 1 aliphatic heterocycles. The molecule has 1 N–H and O–H groups in total. The number of hydrogen-bond acceptors (Lipinski definition) is 7. The standard InChI is InChI=1S/C26H33FN6O4/c1-18(2)29-24(34)17-32-25(20-6-7-21(27)22(15-20)36-3)30-33(26(32)35)23-8-5-19(16-28-23)9-11-31-10-4-13-37-14-12-31/h5-8,15-16,18H,4,9-14,17H2,1-3H3,(H,29,34). The van der Waals surface area contributed by atoms with Crippen LogP contribution in [0.2, 0.25) is 0 Å². The van der Waals surface area contributed by atoms with Gasteiger partial charge in [-0.3, -0.25) is 9.36 Å². The van der Waals surface area contributed by atoms with Crippen LogP contribution in [0.3, 0.4) is 0 Å². The van der Waals surface area contributed by atoms with Gasteiger partial charge in [0.25, 0.3) is 0 Å². The highest BCUT2D eigenvalue weighted by molar-refractivity contribution is 5.76. The molecule has 0 unspecified atom stereocenters. The molecule has 10 nitrogen and oxygen atoms in total. The summed E-state index contributed by atoms with van der Waals surface area (Å²) in [4.78, 5) is 32.8. The van der Waals surface area contributed by atoms with Crippen LogP contribution in [0, 0.1) is 5.82 Å². The first-order valence-corrected chi connectivity index (χ1v) is 12.4. The van der Waals surface area contributed by atoms with Crippen LogP contribution >= 0.6 is 0 Å². The summed E-state index contributed by atoms with van der Waals surface area (Å²) < 4.78 is 27.0. The Morgan fingerprint density at radius 2 is 2.05 bits per heavy atom. The first kappa shape index (κ1) is 26.5. The molecule has 3 heterocycles. The second-order valence-corrected chi connectivity index (χ2v) is 9.26. The number of amides is 1. The first-order chi connectivity index (χ1) is 17.9. The number of halogens is 1. The lowest BCUT2D eigenvalue weighted by molar-refractivity contribution is -0.122. The minimum Gasteiger partial charge on any atom is -0.494 e. The monoisotopic (exact) mass is 512 g/mol. The van der Waals surface area contributed by atoms with Gasteiger partial charge in [-0.15, -0.1) is 5.10 Å². The Morgan fingerprint density at radius 3 is 2.78 bits per heavy atom. The van der Waals surface area contributed by atoms with Crippen LogP contribution in [0.1, 0.15) is 25.8 Å². The van der Waals surface area contributed by atoms with Crippen molar-refractivity contribution in [1.82, 2.24) is 29.5 Å². The largest absolute Gasteiger partial charge is 0.494 e. The number of carbonyl (C=O) groups is 1. The van der Waals surface area contributed by atoms with Gasteiger partial charge < -0.3 is 19.7 Å². The van der Waals surface area contributed by atoms with Gasteiger partial charge in [-0.05, 0) is 56.5 Å². The number of hydrogen-bond donors (Lipinski definition) is 1. The number of methoxy groups -OCH3 is 1. The third-order valence-corrected chi connectivity index (χ3v) is 6.08. The maximum Gasteiger partial charge on any atom is 0.352 e. The summed E-state index contributed by atoms with van der Waals surface area (Å²) in [7, 11) is 1.36. The summed E-state index contributed by atoms with van der Waals surface area (Å²) in [6.07, 6.45) is 3.59. The lowest BCUT2D eigenvalue weighted by atomic mass is 10.2. The van der Waals surface area contributed by atoms with E-state index in [4.69, 9.17) is 9.47 Å². The van der Waals surface area contributed by atoms with E-state index in [0.29, 0.717) is 11.4 Å². The molecule has 198 valence electrons. The average molecular weight is 513 g/mol. The molecular formula is C26H33FN6O4. The van der Waals surface area contributed by atoms with Crippen LogP contribution in [0.4, 0.5) is 4.39 Å². The molecule has 3 aromatic rings. The van der Waals surface area contributed by atoms with Crippen molar-refractivity contribution >= 4 is 5.91 Å². The quantitative estimate of drug-likeness (QED) is 0.468. The predicted molar refractivity (Wildman–Crippen MR) is 136 cm³/mol. The third kappa shape index (κ3) is 6.60. The molecule has 0 radical (unpaired) electrons. The highest BCUT2D eigenvalue weighted by atomic mass is 19.1. The number of carbonyl (C=O) groups excluding carboxylic acids is 1. The molecule has 1 saturated heterocycles. The summed E-state index contributed by atoms with van der Waals surface area (Å²) in [6, 6.07) is 7.74. The van der Waals surface area contributed by atoms with Crippen molar-refractivity contribution in [3.8, 4) is 23.0 Å². The van der Waals surface area contributed by atoms with Crippen molar-refractivity contribution in [2.45, 2.75) is 39.3 Å². The van der Waals surface area contributed by atoms with Crippen molar-refractivity contribution in [2.75, 3.05) is 40.0 Å². The number of benzene rings is 1. The maximum atomic E-state index is 14.0. The zero-order chi connectivity index (χ0) is 26.4. The van der Waals surface area contributed by atoms with Gasteiger partial charge in [-0.25, -0.2) is 14.2 Å². The SMILES string of the molecule is COc1cc(-c2nn(-c3ccc(CCN4CCCOCC4)cn3)c(=O)n2CC(=O)NC(C)C)ccc1F. The van der Waals surface area contributed by atoms with Gasteiger partial charge in [0.2, 0.25) is 5.91 Å². The van der Waals surface area contributed by atoms with Crippen molar-refractivity contribution in [3.05, 3.63) is 58.4 Å². The second-order valence-electron chi connectivity index (χ2n) is 9.26. The topological polar surface area (TPSA) is 104 Å². The molecular weight excluding hydrogens is 479 g/mol. The second kappa shape index (κ2) is 12.1. The lowest BCUT2D eigenvalue weighted by Crippen LogP contribution is -2.36. The first-order valence-electron chi connectivity index (χ1n) is 12.4. The zero-order valence-corrected chi connectivity index (χ0v) is 21.4. The molecule has 1 aromatic carbocycles. The van der Waals surface area contributed by atoms with Gasteiger partial charge in [0.05, 0.1) is 13.7 Å². The number of nitrogens with one attached hydrogen (secondary N) is 1. The van der Waals surface area contributed by atoms with Crippen LogP contribution in [-0.2, 0) is 22.5 Å². The smallest absolute Gasteiger partial charge is 0.352 e. The molecule has 0 atom stereocenters. The zero-order valence-electron chi connectivity index (χ0n) is 21.4. The van der Waals surface area contributed by atoms with Gasteiger partial charge in [0.15, 0.2) is 23.2 Å². The molecule has 0 bridgehead atoms. The van der Waals surface area contributed by atoms with Gasteiger partial charge in [0, 0.05) is 44.0 Å². The molecule has 0 aliphatic carbocycles. The van der Waals surface area contributed by atoms with E-state index in [1.54, 1.807) is 12.3 Å². The Morgan fingerprint density at radius 1 is 1.22 bits per heavy atom. The van der Waals surface area contributed by atoms with Crippen molar-refractivity contribution in [1.29, 1.82) is 0 Å². The van der Waals surface area contributed by atoms with Gasteiger partial charge in [-0.2, -0.15) is 4.68 Å². The number of ether oxygens (including phenoxy) is 2. The fourth-order valence-electron chi connectivity index (χ4n) is 4.21. The molecule has 0 saturated carbocycles. The Balaban J connectivity index is 1.61. The summed E-state index contributed by atoms with van der Waals surface area (Å²) >= 11 is 0. The van der Waals surface area contributed by atoms with Crippen LogP contribution in [0.25, 0.3) is 17.2 Å². The fourth-order valence-corrected chi connectivity index (χ4v) is 4.21. The van der Waals surface area contributed by atoms with E-state index in [0.717, 1.165) is 55.9 Å². The Kier molecular flexibility index (Phi) is 8.67. The normalized spacial score (nSPS) is 14.5. The van der Waals surface area contributed by atoms with Crippen molar-refractivity contribution < 1.29 is 18.7 Å². The summed E-state index contributed by atoms with van der Waals surface area (Å²) in [5.41, 5.74) is 0.952. The Labute approximate surface area is 215 Å². The van der Waals surface area contributed by atoms with E-state index in [9.17, 15) is 14.0 Å². The van der Waals surface area contributed by atoms with E-state index in [2.05, 4.69) is 20.3 Å². The van der Waals surface area contributed by atoms with Crippen LogP contribution in [0.5, 0.6) is 5.75 Å². The number of nitrogens with zero attached hydrogens (tertiary/aromatic N) is 5. The van der Waals surface area contributed by atoms with E-state index < -0.39 is 11.5 Å². The molecule has 2 aromatic heterocycles. The minimum absolute atomic E-state index is 0.0103. The van der Waals surface area contributed by atoms with Gasteiger partial charge >= 0.3 is 5.69 Å². The number of aromatic nitrogens is 4. The van der Waals surface area contributed by atoms with E-state index in [1.165, 1.54) is 29.9 Å². The summed E-state index contributed by atoms with van der Waals surface area (Å²) in [5, 5.41) is 7.25. The van der Waals surface area contributed by atoms with E-state index in [1.807, 2.05) is 19.9 Å². The third-order valence-electron chi connectivity index (χ3n) is 6.08. The minimum atomic E-state index is -0.540. The molecule has 1 aliphatic rings. The summed E-state index contributed by atoms with van der Waals surface area (Å²) in [5.74, 6) is -0.334. The highest BCUT2D eigenvalue weighted by Gasteiger charge is 2.21. The fraction of sp³-hybridized carbons (Fsp3) is 0.462. The molecule has 1 amide bonds. The molecule has 4 rings (SSSR count). The number of rotatable bonds is 9. The lowest BCUT2D eigenvalue weighted by Gasteiger charge is -2.18. The molecule has 0 spiro atoms. The molecule has 1 fully saturated rings. The van der Waals surface area contributed by atoms with E-state index >= 15 is 0 Å².